The fourth-order valence-corrected chi connectivity index (χ4v) is 4.04. The standard InChI is InChI=1S/C17H18N4O3/c22-16-20-9-14(21(16)24-10-12-4-2-1-3-5-12)17(6-7-17)8-13(20)15-19-18-11-23-15/h1-5,11,13-14H,6-10H2/t13-,14-/m0/s1. The van der Waals surface area contributed by atoms with Gasteiger partial charge in [0.25, 0.3) is 0 Å². The van der Waals surface area contributed by atoms with E-state index in [1.807, 2.05) is 35.2 Å². The molecule has 0 unspecified atom stereocenters. The first-order valence-electron chi connectivity index (χ1n) is 8.30. The predicted octanol–water partition coefficient (Wildman–Crippen LogP) is 2.53. The van der Waals surface area contributed by atoms with Gasteiger partial charge in [0.1, 0.15) is 12.6 Å². The molecule has 24 heavy (non-hydrogen) atoms. The van der Waals surface area contributed by atoms with Crippen LogP contribution in [0.2, 0.25) is 0 Å². The quantitative estimate of drug-likeness (QED) is 0.863. The summed E-state index contributed by atoms with van der Waals surface area (Å²) >= 11 is 0. The van der Waals surface area contributed by atoms with Crippen molar-refractivity contribution in [2.45, 2.75) is 38.0 Å². The fourth-order valence-electron chi connectivity index (χ4n) is 4.04. The number of amides is 2. The van der Waals surface area contributed by atoms with E-state index in [0.717, 1.165) is 24.8 Å². The molecule has 1 aliphatic carbocycles. The van der Waals surface area contributed by atoms with Gasteiger partial charge in [0.05, 0.1) is 6.04 Å². The second-order valence-electron chi connectivity index (χ2n) is 6.89. The van der Waals surface area contributed by atoms with Crippen molar-refractivity contribution in [1.29, 1.82) is 0 Å². The van der Waals surface area contributed by atoms with Gasteiger partial charge in [-0.3, -0.25) is 4.84 Å². The van der Waals surface area contributed by atoms with Crippen LogP contribution in [0.3, 0.4) is 0 Å². The van der Waals surface area contributed by atoms with Crippen LogP contribution in [0, 0.1) is 5.41 Å². The molecule has 0 radical (unpaired) electrons. The molecule has 1 spiro atoms. The number of rotatable bonds is 4. The first-order valence-corrected chi connectivity index (χ1v) is 8.30. The fraction of sp³-hybridized carbons (Fsp3) is 0.471. The van der Waals surface area contributed by atoms with Gasteiger partial charge in [0.15, 0.2) is 0 Å². The number of hydrogen-bond donors (Lipinski definition) is 0. The van der Waals surface area contributed by atoms with Gasteiger partial charge in [-0.05, 0) is 30.2 Å². The summed E-state index contributed by atoms with van der Waals surface area (Å²) in [5, 5.41) is 9.40. The van der Waals surface area contributed by atoms with E-state index < -0.39 is 0 Å². The Morgan fingerprint density at radius 2 is 2.12 bits per heavy atom. The van der Waals surface area contributed by atoms with Crippen molar-refractivity contribution in [2.75, 3.05) is 6.54 Å². The van der Waals surface area contributed by atoms with Gasteiger partial charge in [-0.2, -0.15) is 5.06 Å². The lowest BCUT2D eigenvalue weighted by Crippen LogP contribution is -2.42. The SMILES string of the molecule is O=C1N2C[C@H](N1OCc1ccccc1)C1(CC1)C[C@H]2c1nnco1. The van der Waals surface area contributed by atoms with Crippen LogP contribution in [0.25, 0.3) is 0 Å². The summed E-state index contributed by atoms with van der Waals surface area (Å²) in [7, 11) is 0. The first kappa shape index (κ1) is 14.0. The van der Waals surface area contributed by atoms with Crippen molar-refractivity contribution in [3.05, 3.63) is 48.2 Å². The molecule has 3 aliphatic rings. The number of nitrogens with zero attached hydrogens (tertiary/aromatic N) is 4. The van der Waals surface area contributed by atoms with E-state index in [2.05, 4.69) is 10.2 Å². The van der Waals surface area contributed by atoms with E-state index in [4.69, 9.17) is 9.25 Å². The molecule has 124 valence electrons. The molecule has 2 saturated heterocycles. The highest BCUT2D eigenvalue weighted by Gasteiger charge is 2.64. The molecule has 3 heterocycles. The number of piperidine rings is 1. The Hall–Kier alpha value is -2.41. The number of hydroxylamine groups is 2. The van der Waals surface area contributed by atoms with E-state index in [1.165, 1.54) is 6.39 Å². The van der Waals surface area contributed by atoms with Crippen molar-refractivity contribution in [3.63, 3.8) is 0 Å². The van der Waals surface area contributed by atoms with Crippen molar-refractivity contribution < 1.29 is 14.0 Å². The molecule has 2 aromatic rings. The van der Waals surface area contributed by atoms with Gasteiger partial charge in [0.2, 0.25) is 12.3 Å². The number of urea groups is 1. The van der Waals surface area contributed by atoms with Crippen LogP contribution in [-0.2, 0) is 11.4 Å². The Balaban J connectivity index is 1.39. The Bertz CT molecular complexity index is 744. The number of benzene rings is 1. The lowest BCUT2D eigenvalue weighted by atomic mass is 9.85. The van der Waals surface area contributed by atoms with Crippen molar-refractivity contribution in [3.8, 4) is 0 Å². The highest BCUT2D eigenvalue weighted by Crippen LogP contribution is 2.61. The number of carbonyl (C=O) groups excluding carboxylic acids is 1. The van der Waals surface area contributed by atoms with E-state index in [1.54, 1.807) is 5.06 Å². The first-order chi connectivity index (χ1) is 11.8. The largest absolute Gasteiger partial charge is 0.426 e. The molecule has 7 nitrogen and oxygen atoms in total. The van der Waals surface area contributed by atoms with Crippen LogP contribution in [0.4, 0.5) is 4.79 Å². The van der Waals surface area contributed by atoms with E-state index in [0.29, 0.717) is 19.0 Å². The van der Waals surface area contributed by atoms with Crippen molar-refractivity contribution >= 4 is 6.03 Å². The van der Waals surface area contributed by atoms with Crippen molar-refractivity contribution in [1.82, 2.24) is 20.2 Å². The third-order valence-electron chi connectivity index (χ3n) is 5.54. The molecule has 1 saturated carbocycles. The van der Waals surface area contributed by atoms with Crippen LogP contribution >= 0.6 is 0 Å². The van der Waals surface area contributed by atoms with Crippen LogP contribution in [-0.4, -0.2) is 38.8 Å². The Morgan fingerprint density at radius 1 is 1.29 bits per heavy atom. The summed E-state index contributed by atoms with van der Waals surface area (Å²) in [4.78, 5) is 20.6. The molecular weight excluding hydrogens is 308 g/mol. The minimum atomic E-state index is -0.135. The normalized spacial score (nSPS) is 27.1. The lowest BCUT2D eigenvalue weighted by Gasteiger charge is -2.35. The van der Waals surface area contributed by atoms with Gasteiger partial charge in [-0.25, -0.2) is 4.79 Å². The molecule has 5 rings (SSSR count). The maximum absolute atomic E-state index is 12.9. The van der Waals surface area contributed by atoms with Gasteiger partial charge in [-0.1, -0.05) is 30.3 Å². The van der Waals surface area contributed by atoms with E-state index in [-0.39, 0.29) is 23.5 Å². The van der Waals surface area contributed by atoms with Crippen LogP contribution in [0.15, 0.2) is 41.1 Å². The van der Waals surface area contributed by atoms with Gasteiger partial charge >= 0.3 is 6.03 Å². The number of hydrogen-bond acceptors (Lipinski definition) is 5. The summed E-state index contributed by atoms with van der Waals surface area (Å²) in [6.07, 6.45) is 4.44. The van der Waals surface area contributed by atoms with E-state index >= 15 is 0 Å². The van der Waals surface area contributed by atoms with Crippen molar-refractivity contribution in [2.24, 2.45) is 5.41 Å². The predicted molar refractivity (Wildman–Crippen MR) is 82.3 cm³/mol. The van der Waals surface area contributed by atoms with Crippen LogP contribution < -0.4 is 0 Å². The smallest absolute Gasteiger partial charge is 0.345 e. The second-order valence-corrected chi connectivity index (χ2v) is 6.89. The minimum Gasteiger partial charge on any atom is -0.426 e. The monoisotopic (exact) mass is 326 g/mol. The lowest BCUT2D eigenvalue weighted by molar-refractivity contribution is -0.153. The molecule has 2 amide bonds. The minimum absolute atomic E-state index is 0.0945. The third kappa shape index (κ3) is 2.04. The van der Waals surface area contributed by atoms with Gasteiger partial charge in [0, 0.05) is 6.54 Å². The Morgan fingerprint density at radius 3 is 2.83 bits per heavy atom. The average molecular weight is 326 g/mol. The maximum Gasteiger partial charge on any atom is 0.345 e. The number of aromatic nitrogens is 2. The van der Waals surface area contributed by atoms with Gasteiger partial charge < -0.3 is 9.32 Å². The molecule has 1 aromatic heterocycles. The summed E-state index contributed by atoms with van der Waals surface area (Å²) in [5.41, 5.74) is 1.19. The van der Waals surface area contributed by atoms with Crippen LogP contribution in [0.1, 0.15) is 36.8 Å². The average Bonchev–Trinajstić information content (AvgIpc) is 3.07. The second kappa shape index (κ2) is 5.04. The molecular formula is C17H18N4O3. The van der Waals surface area contributed by atoms with Gasteiger partial charge in [-0.15, -0.1) is 10.2 Å². The Kier molecular flexibility index (Phi) is 2.94. The molecule has 2 bridgehead atoms. The third-order valence-corrected chi connectivity index (χ3v) is 5.54. The molecule has 3 fully saturated rings. The zero-order valence-electron chi connectivity index (χ0n) is 13.2. The Labute approximate surface area is 139 Å². The maximum atomic E-state index is 12.9. The molecule has 0 N–H and O–H groups in total. The number of carbonyl (C=O) groups is 1. The highest BCUT2D eigenvalue weighted by atomic mass is 16.7. The molecule has 2 aliphatic heterocycles. The molecule has 2 atom stereocenters. The number of fused-ring (bicyclic) bond motifs is 3. The highest BCUT2D eigenvalue weighted by molar-refractivity contribution is 5.77. The summed E-state index contributed by atoms with van der Waals surface area (Å²) in [6, 6.07) is 9.81. The molecule has 7 heteroatoms. The van der Waals surface area contributed by atoms with Crippen LogP contribution in [0.5, 0.6) is 0 Å². The molecule has 1 aromatic carbocycles. The summed E-state index contributed by atoms with van der Waals surface area (Å²) in [6.45, 7) is 1.07. The zero-order valence-corrected chi connectivity index (χ0v) is 13.2. The summed E-state index contributed by atoms with van der Waals surface area (Å²) in [5.74, 6) is 0.526. The summed E-state index contributed by atoms with van der Waals surface area (Å²) < 4.78 is 5.38. The zero-order chi connectivity index (χ0) is 16.1. The topological polar surface area (TPSA) is 71.7 Å². The van der Waals surface area contributed by atoms with E-state index in [9.17, 15) is 4.79 Å².